The fraction of sp³-hybridized carbons (Fsp3) is 0.500. The Morgan fingerprint density at radius 1 is 1.26 bits per heavy atom. The maximum atomic E-state index is 12.0. The van der Waals surface area contributed by atoms with Gasteiger partial charge in [-0.2, -0.15) is 5.26 Å². The third-order valence-corrected chi connectivity index (χ3v) is 4.77. The van der Waals surface area contributed by atoms with Crippen LogP contribution >= 0.6 is 0 Å². The molecule has 1 N–H and O–H groups in total. The number of rotatable bonds is 7. The van der Waals surface area contributed by atoms with Gasteiger partial charge in [0.25, 0.3) is 0 Å². The zero-order valence-corrected chi connectivity index (χ0v) is 11.6. The van der Waals surface area contributed by atoms with Crippen LogP contribution in [-0.4, -0.2) is 15.0 Å². The van der Waals surface area contributed by atoms with E-state index < -0.39 is 10.0 Å². The fourth-order valence-electron chi connectivity index (χ4n) is 1.96. The lowest BCUT2D eigenvalue weighted by molar-refractivity contribution is 0.572. The Balaban J connectivity index is 1.88. The van der Waals surface area contributed by atoms with Gasteiger partial charge in [0.2, 0.25) is 10.0 Å². The van der Waals surface area contributed by atoms with Gasteiger partial charge in [-0.15, -0.1) is 0 Å². The molecular formula is C14H18N2O2S. The molecule has 0 spiro atoms. The highest BCUT2D eigenvalue weighted by Crippen LogP contribution is 2.33. The Labute approximate surface area is 114 Å². The van der Waals surface area contributed by atoms with Gasteiger partial charge < -0.3 is 0 Å². The van der Waals surface area contributed by atoms with E-state index in [-0.39, 0.29) is 4.90 Å². The summed E-state index contributed by atoms with van der Waals surface area (Å²) in [4.78, 5) is 0.264. The number of nitriles is 1. The van der Waals surface area contributed by atoms with Crippen LogP contribution in [0.1, 0.15) is 31.2 Å². The van der Waals surface area contributed by atoms with Gasteiger partial charge in [-0.25, -0.2) is 13.1 Å². The van der Waals surface area contributed by atoms with Crippen LogP contribution in [0.25, 0.3) is 0 Å². The summed E-state index contributed by atoms with van der Waals surface area (Å²) in [6, 6.07) is 8.50. The molecule has 1 fully saturated rings. The van der Waals surface area contributed by atoms with Crippen molar-refractivity contribution in [3.05, 3.63) is 29.8 Å². The number of benzene rings is 1. The van der Waals surface area contributed by atoms with Crippen molar-refractivity contribution in [1.82, 2.24) is 4.72 Å². The molecule has 0 aliphatic heterocycles. The predicted octanol–water partition coefficient (Wildman–Crippen LogP) is 2.22. The molecule has 19 heavy (non-hydrogen) atoms. The second kappa shape index (κ2) is 6.18. The third-order valence-electron chi connectivity index (χ3n) is 3.29. The number of nitrogens with zero attached hydrogens (tertiary/aromatic N) is 1. The first-order valence-corrected chi connectivity index (χ1v) is 8.06. The summed E-state index contributed by atoms with van der Waals surface area (Å²) in [6.07, 6.45) is 4.91. The molecule has 4 nitrogen and oxygen atoms in total. The van der Waals surface area contributed by atoms with Gasteiger partial charge in [0.1, 0.15) is 0 Å². The maximum absolute atomic E-state index is 12.0. The van der Waals surface area contributed by atoms with Gasteiger partial charge in [-0.05, 0) is 36.5 Å². The summed E-state index contributed by atoms with van der Waals surface area (Å²) in [5.41, 5.74) is 0.829. The van der Waals surface area contributed by atoms with Crippen molar-refractivity contribution in [2.75, 3.05) is 6.54 Å². The lowest BCUT2D eigenvalue weighted by Gasteiger charge is -2.07. The van der Waals surface area contributed by atoms with Gasteiger partial charge >= 0.3 is 0 Å². The molecule has 0 heterocycles. The SMILES string of the molecule is N#CCc1ccc(S(=O)(=O)NCCCC2CC2)cc1. The van der Waals surface area contributed by atoms with Gasteiger partial charge in [0, 0.05) is 6.54 Å². The average Bonchev–Trinajstić information content (AvgIpc) is 3.20. The molecule has 1 aromatic carbocycles. The minimum Gasteiger partial charge on any atom is -0.211 e. The zero-order chi connectivity index (χ0) is 13.7. The standard InChI is InChI=1S/C14H18N2O2S/c15-10-9-13-5-7-14(8-6-13)19(17,18)16-11-1-2-12-3-4-12/h5-8,12,16H,1-4,9,11H2. The monoisotopic (exact) mass is 278 g/mol. The van der Waals surface area contributed by atoms with E-state index in [1.165, 1.54) is 12.8 Å². The lowest BCUT2D eigenvalue weighted by Crippen LogP contribution is -2.24. The minimum absolute atomic E-state index is 0.264. The third kappa shape index (κ3) is 4.34. The molecule has 0 unspecified atom stereocenters. The second-order valence-corrected chi connectivity index (χ2v) is 6.73. The van der Waals surface area contributed by atoms with Crippen LogP contribution in [0.2, 0.25) is 0 Å². The molecule has 1 aromatic rings. The molecule has 0 amide bonds. The molecule has 0 bridgehead atoms. The summed E-state index contributed by atoms with van der Waals surface area (Å²) < 4.78 is 26.6. The molecular weight excluding hydrogens is 260 g/mol. The van der Waals surface area contributed by atoms with E-state index in [4.69, 9.17) is 5.26 Å². The number of sulfonamides is 1. The van der Waals surface area contributed by atoms with Gasteiger partial charge in [-0.1, -0.05) is 25.0 Å². The van der Waals surface area contributed by atoms with Crippen LogP contribution < -0.4 is 4.72 Å². The van der Waals surface area contributed by atoms with Crippen molar-refractivity contribution in [3.8, 4) is 6.07 Å². The fourth-order valence-corrected chi connectivity index (χ4v) is 3.04. The first kappa shape index (κ1) is 14.0. The largest absolute Gasteiger partial charge is 0.240 e. The Kier molecular flexibility index (Phi) is 4.56. The highest BCUT2D eigenvalue weighted by Gasteiger charge is 2.20. The minimum atomic E-state index is -3.40. The van der Waals surface area contributed by atoms with E-state index >= 15 is 0 Å². The van der Waals surface area contributed by atoms with Crippen LogP contribution in [0, 0.1) is 17.2 Å². The van der Waals surface area contributed by atoms with Crippen molar-refractivity contribution in [3.63, 3.8) is 0 Å². The van der Waals surface area contributed by atoms with E-state index in [0.717, 1.165) is 24.3 Å². The smallest absolute Gasteiger partial charge is 0.211 e. The van der Waals surface area contributed by atoms with Gasteiger partial charge in [-0.3, -0.25) is 0 Å². The van der Waals surface area contributed by atoms with Crippen molar-refractivity contribution in [1.29, 1.82) is 5.26 Å². The highest BCUT2D eigenvalue weighted by atomic mass is 32.2. The van der Waals surface area contributed by atoms with Gasteiger partial charge in [0.05, 0.1) is 17.4 Å². The molecule has 0 atom stereocenters. The first-order chi connectivity index (χ1) is 9.12. The van der Waals surface area contributed by atoms with E-state index in [0.29, 0.717) is 13.0 Å². The molecule has 1 aliphatic carbocycles. The number of nitrogens with one attached hydrogen (secondary N) is 1. The van der Waals surface area contributed by atoms with Crippen molar-refractivity contribution < 1.29 is 8.42 Å². The van der Waals surface area contributed by atoms with Crippen LogP contribution in [0.5, 0.6) is 0 Å². The highest BCUT2D eigenvalue weighted by molar-refractivity contribution is 7.89. The van der Waals surface area contributed by atoms with Gasteiger partial charge in [0.15, 0.2) is 0 Å². The molecule has 0 radical (unpaired) electrons. The van der Waals surface area contributed by atoms with Crippen LogP contribution in [0.3, 0.4) is 0 Å². The molecule has 5 heteroatoms. The molecule has 0 aromatic heterocycles. The number of hydrogen-bond acceptors (Lipinski definition) is 3. The second-order valence-electron chi connectivity index (χ2n) is 4.96. The molecule has 2 rings (SSSR count). The normalized spacial score (nSPS) is 15.1. The molecule has 1 saturated carbocycles. The topological polar surface area (TPSA) is 70.0 Å². The quantitative estimate of drug-likeness (QED) is 0.777. The Morgan fingerprint density at radius 3 is 2.53 bits per heavy atom. The van der Waals surface area contributed by atoms with E-state index in [1.54, 1.807) is 24.3 Å². The Morgan fingerprint density at radius 2 is 1.95 bits per heavy atom. The van der Waals surface area contributed by atoms with E-state index in [9.17, 15) is 8.42 Å². The summed E-state index contributed by atoms with van der Waals surface area (Å²) in [7, 11) is -3.40. The van der Waals surface area contributed by atoms with Crippen LogP contribution in [0.15, 0.2) is 29.2 Å². The Bertz CT molecular complexity index is 554. The Hall–Kier alpha value is -1.38. The summed E-state index contributed by atoms with van der Waals surface area (Å²) >= 11 is 0. The summed E-state index contributed by atoms with van der Waals surface area (Å²) in [5, 5.41) is 8.56. The summed E-state index contributed by atoms with van der Waals surface area (Å²) in [5.74, 6) is 0.828. The predicted molar refractivity (Wildman–Crippen MR) is 72.9 cm³/mol. The van der Waals surface area contributed by atoms with Crippen molar-refractivity contribution in [2.45, 2.75) is 37.0 Å². The summed E-state index contributed by atoms with van der Waals surface area (Å²) in [6.45, 7) is 0.499. The van der Waals surface area contributed by atoms with E-state index in [2.05, 4.69) is 4.72 Å². The van der Waals surface area contributed by atoms with E-state index in [1.807, 2.05) is 6.07 Å². The van der Waals surface area contributed by atoms with Crippen molar-refractivity contribution in [2.24, 2.45) is 5.92 Å². The first-order valence-electron chi connectivity index (χ1n) is 6.57. The molecule has 102 valence electrons. The average molecular weight is 278 g/mol. The van der Waals surface area contributed by atoms with Crippen LogP contribution in [0.4, 0.5) is 0 Å². The van der Waals surface area contributed by atoms with Crippen molar-refractivity contribution >= 4 is 10.0 Å². The molecule has 0 saturated heterocycles. The lowest BCUT2D eigenvalue weighted by atomic mass is 10.2. The zero-order valence-electron chi connectivity index (χ0n) is 10.8. The maximum Gasteiger partial charge on any atom is 0.240 e. The van der Waals surface area contributed by atoms with Crippen LogP contribution in [-0.2, 0) is 16.4 Å². The molecule has 1 aliphatic rings. The number of hydrogen-bond donors (Lipinski definition) is 1.